The van der Waals surface area contributed by atoms with Crippen LogP contribution in [0.15, 0.2) is 16.6 Å². The second-order valence-electron chi connectivity index (χ2n) is 15.7. The van der Waals surface area contributed by atoms with E-state index in [0.29, 0.717) is 18.5 Å². The van der Waals surface area contributed by atoms with Gasteiger partial charge in [-0.2, -0.15) is 0 Å². The molecule has 5 aliphatic rings. The van der Waals surface area contributed by atoms with Gasteiger partial charge in [-0.3, -0.25) is 4.79 Å². The lowest BCUT2D eigenvalue weighted by molar-refractivity contribution is -0.215. The molecular weight excluding hydrogens is 476 g/mol. The summed E-state index contributed by atoms with van der Waals surface area (Å²) >= 11 is 0. The molecule has 0 bridgehead atoms. The molecule has 0 aliphatic heterocycles. The summed E-state index contributed by atoms with van der Waals surface area (Å²) < 4.78 is 5.48. The molecule has 4 saturated carbocycles. The van der Waals surface area contributed by atoms with E-state index in [4.69, 9.17) is 11.3 Å². The summed E-state index contributed by atoms with van der Waals surface area (Å²) in [4.78, 5) is 17.3. The van der Waals surface area contributed by atoms with Crippen LogP contribution in [0.3, 0.4) is 0 Å². The normalized spacial score (nSPS) is 48.1. The summed E-state index contributed by atoms with van der Waals surface area (Å²) in [5, 5.41) is 25.8. The number of oxime groups is 1. The van der Waals surface area contributed by atoms with Crippen molar-refractivity contribution < 1.29 is 19.8 Å². The van der Waals surface area contributed by atoms with Crippen molar-refractivity contribution in [2.75, 3.05) is 7.11 Å². The molecule has 0 aromatic heterocycles. The molecule has 0 aromatic carbocycles. The van der Waals surface area contributed by atoms with Gasteiger partial charge in [0.05, 0.1) is 24.8 Å². The first-order valence-electron chi connectivity index (χ1n) is 14.7. The maximum atomic E-state index is 13.5. The molecule has 0 saturated heterocycles. The monoisotopic (exact) mass is 524 g/mol. The van der Waals surface area contributed by atoms with Crippen LogP contribution in [0.4, 0.5) is 0 Å². The van der Waals surface area contributed by atoms with E-state index in [9.17, 15) is 15.1 Å². The van der Waals surface area contributed by atoms with Gasteiger partial charge in [0.15, 0.2) is 0 Å². The number of esters is 1. The van der Waals surface area contributed by atoms with E-state index in [1.165, 1.54) is 7.11 Å². The minimum atomic E-state index is -0.521. The van der Waals surface area contributed by atoms with Crippen molar-refractivity contribution in [3.8, 4) is 0 Å². The van der Waals surface area contributed by atoms with Gasteiger partial charge in [0, 0.05) is 11.3 Å². The number of carbonyl (C=O) groups excluding carboxylic acids is 1. The van der Waals surface area contributed by atoms with Gasteiger partial charge in [-0.25, -0.2) is 4.85 Å². The third kappa shape index (κ3) is 3.23. The number of nitrogens with zero attached hydrogens (tertiary/aromatic N) is 2. The second kappa shape index (κ2) is 8.24. The standard InChI is InChI=1S/C32H48N2O4/c1-27(2)12-14-32(26(36)38-9)15-13-31(7)24(19(32)17-27)20(34-37)16-23-29(5)18-21(33-8)25(35)28(3,4)22(29)10-11-30(23,31)6/h19,22-24,35,37H,10-18H2,1-7,9H3/t19-,22-,23+,24-,29-,30+,31+,32-/m0/s1. The van der Waals surface area contributed by atoms with Gasteiger partial charge < -0.3 is 15.1 Å². The lowest BCUT2D eigenvalue weighted by Gasteiger charge is -2.72. The fourth-order valence-electron chi connectivity index (χ4n) is 11.3. The molecule has 0 amide bonds. The summed E-state index contributed by atoms with van der Waals surface area (Å²) in [5.41, 5.74) is 0.0703. The Hall–Kier alpha value is -2.03. The molecule has 5 aliphatic carbocycles. The number of carbonyl (C=O) groups is 1. The Balaban J connectivity index is 1.66. The first-order chi connectivity index (χ1) is 17.6. The number of aliphatic hydroxyl groups is 1. The lowest BCUT2D eigenvalue weighted by atomic mass is 9.31. The fraction of sp³-hybridized carbons (Fsp3) is 0.844. The highest BCUT2D eigenvalue weighted by atomic mass is 16.5. The number of methoxy groups -OCH3 is 1. The molecular formula is C32H48N2O4. The number of hydrogen-bond acceptors (Lipinski definition) is 5. The maximum absolute atomic E-state index is 13.5. The molecule has 6 heteroatoms. The van der Waals surface area contributed by atoms with Crippen molar-refractivity contribution in [3.05, 3.63) is 22.9 Å². The predicted molar refractivity (Wildman–Crippen MR) is 147 cm³/mol. The van der Waals surface area contributed by atoms with Crippen LogP contribution in [-0.4, -0.2) is 29.1 Å². The Morgan fingerprint density at radius 1 is 1.00 bits per heavy atom. The number of rotatable bonds is 1. The molecule has 6 nitrogen and oxygen atoms in total. The quantitative estimate of drug-likeness (QED) is 0.159. The molecule has 0 heterocycles. The van der Waals surface area contributed by atoms with Crippen molar-refractivity contribution in [3.63, 3.8) is 0 Å². The van der Waals surface area contributed by atoms with Crippen molar-refractivity contribution in [2.24, 2.45) is 61.3 Å². The molecule has 210 valence electrons. The minimum Gasteiger partial charge on any atom is -0.523 e. The first-order valence-corrected chi connectivity index (χ1v) is 14.7. The zero-order chi connectivity index (χ0) is 28.1. The average Bonchev–Trinajstić information content (AvgIpc) is 2.85. The molecule has 8 atom stereocenters. The van der Waals surface area contributed by atoms with E-state index in [1.807, 2.05) is 0 Å². The summed E-state index contributed by atoms with van der Waals surface area (Å²) in [7, 11) is 1.52. The fourth-order valence-corrected chi connectivity index (χ4v) is 11.3. The minimum absolute atomic E-state index is 0.0159. The lowest BCUT2D eigenvalue weighted by Crippen LogP contribution is -2.69. The molecule has 38 heavy (non-hydrogen) atoms. The van der Waals surface area contributed by atoms with Gasteiger partial charge in [0.2, 0.25) is 5.70 Å². The highest BCUT2D eigenvalue weighted by Gasteiger charge is 2.72. The number of hydrogen-bond donors (Lipinski definition) is 2. The van der Waals surface area contributed by atoms with E-state index in [-0.39, 0.29) is 57.1 Å². The van der Waals surface area contributed by atoms with E-state index in [1.54, 1.807) is 0 Å². The molecule has 0 aromatic rings. The van der Waals surface area contributed by atoms with Crippen LogP contribution in [-0.2, 0) is 9.53 Å². The topological polar surface area (TPSA) is 83.5 Å². The number of ether oxygens (including phenoxy) is 1. The number of aliphatic hydroxyl groups excluding tert-OH is 1. The Labute approximate surface area is 229 Å². The Morgan fingerprint density at radius 3 is 2.26 bits per heavy atom. The van der Waals surface area contributed by atoms with Crippen molar-refractivity contribution in [1.82, 2.24) is 0 Å². The Kier molecular flexibility index (Phi) is 5.97. The largest absolute Gasteiger partial charge is 0.523 e. The van der Waals surface area contributed by atoms with Crippen LogP contribution in [0.25, 0.3) is 4.85 Å². The molecule has 0 radical (unpaired) electrons. The summed E-state index contributed by atoms with van der Waals surface area (Å²) in [6, 6.07) is 0. The third-order valence-corrected chi connectivity index (χ3v) is 13.5. The van der Waals surface area contributed by atoms with Gasteiger partial charge in [-0.05, 0) is 97.2 Å². The van der Waals surface area contributed by atoms with Gasteiger partial charge >= 0.3 is 5.97 Å². The van der Waals surface area contributed by atoms with Crippen LogP contribution in [0.5, 0.6) is 0 Å². The predicted octanol–water partition coefficient (Wildman–Crippen LogP) is 7.78. The Bertz CT molecular complexity index is 1150. The SMILES string of the molecule is [C-]#[N+]C1=C(O)C(C)(C)[C@@H]2CC[C@]3(C)[C@H](CC(=NO)[C@@H]4[C@@H]5CC(C)(C)CC[C@]5(C(=O)OC)CC[C@]43C)[C@@]2(C)C1. The summed E-state index contributed by atoms with van der Waals surface area (Å²) in [6.45, 7) is 23.9. The Morgan fingerprint density at radius 2 is 1.66 bits per heavy atom. The van der Waals surface area contributed by atoms with E-state index >= 15 is 0 Å². The van der Waals surface area contributed by atoms with Gasteiger partial charge in [-0.15, -0.1) is 0 Å². The smallest absolute Gasteiger partial charge is 0.312 e. The van der Waals surface area contributed by atoms with Crippen LogP contribution in [0, 0.1) is 62.7 Å². The second-order valence-corrected chi connectivity index (χ2v) is 15.7. The zero-order valence-electron chi connectivity index (χ0n) is 24.8. The molecule has 5 rings (SSSR count). The van der Waals surface area contributed by atoms with E-state index < -0.39 is 10.8 Å². The molecule has 4 fully saturated rings. The zero-order valence-corrected chi connectivity index (χ0v) is 24.8. The first kappa shape index (κ1) is 27.5. The van der Waals surface area contributed by atoms with Gasteiger partial charge in [0.1, 0.15) is 5.76 Å². The van der Waals surface area contributed by atoms with Crippen LogP contribution in [0.1, 0.15) is 106 Å². The molecule has 0 spiro atoms. The average molecular weight is 525 g/mol. The van der Waals surface area contributed by atoms with E-state index in [2.05, 4.69) is 58.5 Å². The van der Waals surface area contributed by atoms with Crippen molar-refractivity contribution in [2.45, 2.75) is 106 Å². The van der Waals surface area contributed by atoms with Crippen molar-refractivity contribution in [1.29, 1.82) is 0 Å². The molecule has 0 unspecified atom stereocenters. The van der Waals surface area contributed by atoms with Crippen LogP contribution < -0.4 is 0 Å². The summed E-state index contributed by atoms with van der Waals surface area (Å²) in [6.07, 6.45) is 7.74. The van der Waals surface area contributed by atoms with Crippen molar-refractivity contribution >= 4 is 11.7 Å². The number of fused-ring (bicyclic) bond motifs is 7. The molecule has 2 N–H and O–H groups in total. The highest BCUT2D eigenvalue weighted by molar-refractivity contribution is 5.90. The number of allylic oxidation sites excluding steroid dienone is 2. The van der Waals surface area contributed by atoms with Gasteiger partial charge in [-0.1, -0.05) is 53.6 Å². The maximum Gasteiger partial charge on any atom is 0.312 e. The third-order valence-electron chi connectivity index (χ3n) is 13.5. The summed E-state index contributed by atoms with van der Waals surface area (Å²) in [5.74, 6) is 0.729. The van der Waals surface area contributed by atoms with Crippen LogP contribution >= 0.6 is 0 Å². The van der Waals surface area contributed by atoms with Gasteiger partial charge in [0.25, 0.3) is 0 Å². The highest BCUT2D eigenvalue weighted by Crippen LogP contribution is 2.76. The van der Waals surface area contributed by atoms with Crippen LogP contribution in [0.2, 0.25) is 0 Å². The van der Waals surface area contributed by atoms with E-state index in [0.717, 1.165) is 50.7 Å².